The molecule has 15 N–H and O–H groups in total. The van der Waals surface area contributed by atoms with Gasteiger partial charge in [-0.15, -0.1) is 0 Å². The second-order valence-electron chi connectivity index (χ2n) is 14.6. The van der Waals surface area contributed by atoms with E-state index in [2.05, 4.69) is 41.5 Å². The molecular weight excluding hydrogens is 809 g/mol. The lowest BCUT2D eigenvalue weighted by molar-refractivity contribution is -0.145. The van der Waals surface area contributed by atoms with Crippen LogP contribution in [-0.2, 0) is 52.8 Å². The number of benzene rings is 2. The molecular formula is C40H54N12O10. The third-order valence-corrected chi connectivity index (χ3v) is 9.90. The fourth-order valence-corrected chi connectivity index (χ4v) is 6.65. The molecule has 62 heavy (non-hydrogen) atoms. The molecule has 1 aliphatic heterocycles. The molecule has 0 unspecified atom stereocenters. The molecule has 1 aromatic heterocycles. The summed E-state index contributed by atoms with van der Waals surface area (Å²) in [4.78, 5) is 105. The number of aliphatic hydroxyl groups is 1. The van der Waals surface area contributed by atoms with Crippen LogP contribution < -0.4 is 43.8 Å². The fourth-order valence-electron chi connectivity index (χ4n) is 6.65. The molecule has 3 aromatic rings. The summed E-state index contributed by atoms with van der Waals surface area (Å²) in [5.74, 6) is -6.13. The molecule has 1 fully saturated rings. The van der Waals surface area contributed by atoms with Gasteiger partial charge in [0.25, 0.3) is 0 Å². The number of aliphatic hydroxyl groups excluding tert-OH is 1. The molecule has 4 rings (SSSR count). The van der Waals surface area contributed by atoms with Crippen LogP contribution in [0.25, 0.3) is 0 Å². The van der Waals surface area contributed by atoms with Gasteiger partial charge in [0, 0.05) is 44.2 Å². The highest BCUT2D eigenvalue weighted by molar-refractivity contribution is 5.97. The average Bonchev–Trinajstić information content (AvgIpc) is 3.96. The van der Waals surface area contributed by atoms with Gasteiger partial charge in [-0.3, -0.25) is 33.8 Å². The maximum Gasteiger partial charge on any atom is 0.326 e. The summed E-state index contributed by atoms with van der Waals surface area (Å²) in [6.07, 6.45) is 3.74. The number of phenols is 1. The van der Waals surface area contributed by atoms with Crippen molar-refractivity contribution in [3.8, 4) is 5.75 Å². The van der Waals surface area contributed by atoms with Crippen LogP contribution in [0.15, 0.2) is 72.1 Å². The third kappa shape index (κ3) is 14.9. The smallest absolute Gasteiger partial charge is 0.326 e. The standard InChI is InChI=1S/C40H54N12O10/c41-27(8-4-14-45-40(42)43)34(56)46-20-33(55)48-28(16-24-10-12-26(54)13-11-24)35(57)51-31(21-53)36(58)49-29(18-25-19-44-22-47-25)38(60)52-15-5-9-32(52)37(59)50-30(39(61)62)17-23-6-2-1-3-7-23/h1-3,6-7,10-13,19,22,27-32,53-54H,4-5,8-9,14-18,20-21,41H2,(H,44,47)(H,46,56)(H,48,55)(H,49,58)(H,50,59)(H,51,57)(H,61,62)(H4,42,43,45)/t27-,28-,29-,30-,31-,32-/m0/s1. The van der Waals surface area contributed by atoms with Crippen molar-refractivity contribution in [2.75, 3.05) is 26.2 Å². The van der Waals surface area contributed by atoms with Gasteiger partial charge in [0.2, 0.25) is 35.4 Å². The Morgan fingerprint density at radius 2 is 1.50 bits per heavy atom. The number of nitrogens with two attached hydrogens (primary N) is 3. The first-order chi connectivity index (χ1) is 29.6. The Bertz CT molecular complexity index is 2010. The number of aromatic hydroxyl groups is 1. The summed E-state index contributed by atoms with van der Waals surface area (Å²) in [7, 11) is 0. The number of amides is 6. The van der Waals surface area contributed by atoms with Gasteiger partial charge in [0.15, 0.2) is 5.96 Å². The van der Waals surface area contributed by atoms with E-state index in [-0.39, 0.29) is 56.9 Å². The second kappa shape index (κ2) is 23.6. The van der Waals surface area contributed by atoms with E-state index in [1.54, 1.807) is 30.3 Å². The lowest BCUT2D eigenvalue weighted by Gasteiger charge is -2.30. The van der Waals surface area contributed by atoms with Gasteiger partial charge < -0.3 is 69.0 Å². The predicted molar refractivity (Wildman–Crippen MR) is 222 cm³/mol. The molecule has 22 heteroatoms. The Hall–Kier alpha value is -7.07. The van der Waals surface area contributed by atoms with Gasteiger partial charge in [0.05, 0.1) is 25.5 Å². The maximum absolute atomic E-state index is 14.2. The first kappa shape index (κ1) is 47.6. The van der Waals surface area contributed by atoms with Crippen molar-refractivity contribution in [1.29, 1.82) is 0 Å². The number of aliphatic imine (C=N–C) groups is 1. The fraction of sp³-hybridized carbons (Fsp3) is 0.425. The van der Waals surface area contributed by atoms with E-state index >= 15 is 0 Å². The molecule has 6 amide bonds. The van der Waals surface area contributed by atoms with Crippen LogP contribution in [0.4, 0.5) is 0 Å². The zero-order chi connectivity index (χ0) is 45.2. The molecule has 2 aromatic carbocycles. The van der Waals surface area contributed by atoms with Gasteiger partial charge in [-0.2, -0.15) is 0 Å². The topological polar surface area (TPSA) is 363 Å². The molecule has 22 nitrogen and oxygen atoms in total. The Balaban J connectivity index is 1.45. The van der Waals surface area contributed by atoms with Crippen molar-refractivity contribution < 1.29 is 48.9 Å². The van der Waals surface area contributed by atoms with Crippen molar-refractivity contribution in [2.24, 2.45) is 22.2 Å². The van der Waals surface area contributed by atoms with Crippen LogP contribution in [0.1, 0.15) is 42.5 Å². The highest BCUT2D eigenvalue weighted by Gasteiger charge is 2.40. The number of aromatic nitrogens is 2. The summed E-state index contributed by atoms with van der Waals surface area (Å²) >= 11 is 0. The summed E-state index contributed by atoms with van der Waals surface area (Å²) in [6, 6.07) is 6.76. The monoisotopic (exact) mass is 862 g/mol. The number of hydrogen-bond donors (Lipinski definition) is 12. The number of phenolic OH excluding ortho intramolecular Hbond substituents is 1. The van der Waals surface area contributed by atoms with E-state index in [1.165, 1.54) is 41.7 Å². The van der Waals surface area contributed by atoms with E-state index in [0.717, 1.165) is 0 Å². The van der Waals surface area contributed by atoms with Gasteiger partial charge in [-0.25, -0.2) is 9.78 Å². The number of nitrogens with zero attached hydrogens (tertiary/aromatic N) is 3. The van der Waals surface area contributed by atoms with Gasteiger partial charge in [-0.1, -0.05) is 42.5 Å². The summed E-state index contributed by atoms with van der Waals surface area (Å²) in [5.41, 5.74) is 18.1. The normalized spacial score (nSPS) is 15.8. The number of guanidine groups is 1. The number of hydrogen-bond acceptors (Lipinski definition) is 12. The Labute approximate surface area is 356 Å². The highest BCUT2D eigenvalue weighted by atomic mass is 16.4. The maximum atomic E-state index is 14.2. The first-order valence-electron chi connectivity index (χ1n) is 19.9. The number of carboxylic acids is 1. The molecule has 334 valence electrons. The van der Waals surface area contributed by atoms with E-state index in [0.29, 0.717) is 29.7 Å². The molecule has 0 saturated carbocycles. The number of imidazole rings is 1. The number of carbonyl (C=O) groups is 7. The number of carbonyl (C=O) groups excluding carboxylic acids is 6. The summed E-state index contributed by atoms with van der Waals surface area (Å²) in [5, 5.41) is 42.4. The van der Waals surface area contributed by atoms with Crippen molar-refractivity contribution in [3.63, 3.8) is 0 Å². The third-order valence-electron chi connectivity index (χ3n) is 9.90. The van der Waals surface area contributed by atoms with Crippen LogP contribution in [0.3, 0.4) is 0 Å². The molecule has 1 aliphatic rings. The second-order valence-corrected chi connectivity index (χ2v) is 14.6. The Morgan fingerprint density at radius 1 is 0.839 bits per heavy atom. The van der Waals surface area contributed by atoms with E-state index in [1.807, 2.05) is 0 Å². The Kier molecular flexibility index (Phi) is 18.2. The van der Waals surface area contributed by atoms with Gasteiger partial charge >= 0.3 is 5.97 Å². The molecule has 0 spiro atoms. The van der Waals surface area contributed by atoms with E-state index in [4.69, 9.17) is 17.2 Å². The van der Waals surface area contributed by atoms with Crippen molar-refractivity contribution in [3.05, 3.63) is 83.9 Å². The number of carboxylic acid groups (broad SMARTS) is 1. The van der Waals surface area contributed by atoms with Gasteiger partial charge in [0.1, 0.15) is 36.0 Å². The lowest BCUT2D eigenvalue weighted by Crippen LogP contribution is -2.60. The predicted octanol–water partition coefficient (Wildman–Crippen LogP) is -3.35. The lowest BCUT2D eigenvalue weighted by atomic mass is 10.0. The summed E-state index contributed by atoms with van der Waals surface area (Å²) < 4.78 is 0. The minimum atomic E-state index is -1.65. The molecule has 2 heterocycles. The highest BCUT2D eigenvalue weighted by Crippen LogP contribution is 2.20. The number of aliphatic carboxylic acids is 1. The number of H-pyrrole nitrogens is 1. The van der Waals surface area contributed by atoms with Gasteiger partial charge in [-0.05, 0) is 48.9 Å². The summed E-state index contributed by atoms with van der Waals surface area (Å²) in [6.45, 7) is -1.14. The zero-order valence-electron chi connectivity index (χ0n) is 33.9. The van der Waals surface area contributed by atoms with Crippen molar-refractivity contribution in [2.45, 2.75) is 81.2 Å². The molecule has 6 atom stereocenters. The molecule has 0 bridgehead atoms. The van der Waals surface area contributed by atoms with E-state index < -0.39 is 90.8 Å². The van der Waals surface area contributed by atoms with Crippen LogP contribution in [0.2, 0.25) is 0 Å². The first-order valence-corrected chi connectivity index (χ1v) is 19.9. The van der Waals surface area contributed by atoms with E-state index in [9.17, 15) is 48.9 Å². The quantitative estimate of drug-likeness (QED) is 0.0252. The van der Waals surface area contributed by atoms with Crippen molar-refractivity contribution >= 4 is 47.4 Å². The molecule has 0 radical (unpaired) electrons. The zero-order valence-corrected chi connectivity index (χ0v) is 33.9. The Morgan fingerprint density at radius 3 is 2.15 bits per heavy atom. The van der Waals surface area contributed by atoms with Crippen LogP contribution >= 0.6 is 0 Å². The number of likely N-dealkylation sites (tertiary alicyclic amines) is 1. The van der Waals surface area contributed by atoms with Crippen LogP contribution in [-0.4, -0.2) is 140 Å². The number of rotatable bonds is 23. The SMILES string of the molecule is NC(N)=NCCC[C@H](N)C(=O)NCC(=O)N[C@@H](Cc1ccc(O)cc1)C(=O)N[C@@H](CO)C(=O)N[C@@H](Cc1cnc[nH]1)C(=O)N1CCC[C@H]1C(=O)N[C@@H](Cc1ccccc1)C(=O)O. The molecule has 1 saturated heterocycles. The van der Waals surface area contributed by atoms with Crippen LogP contribution in [0.5, 0.6) is 5.75 Å². The van der Waals surface area contributed by atoms with Crippen molar-refractivity contribution in [1.82, 2.24) is 41.5 Å². The molecule has 0 aliphatic carbocycles. The number of nitrogens with one attached hydrogen (secondary N) is 6. The average molecular weight is 863 g/mol. The minimum absolute atomic E-state index is 0.00372. The minimum Gasteiger partial charge on any atom is -0.508 e. The number of aromatic amines is 1. The van der Waals surface area contributed by atoms with Crippen LogP contribution in [0, 0.1) is 0 Å². The largest absolute Gasteiger partial charge is 0.508 e.